The van der Waals surface area contributed by atoms with Gasteiger partial charge in [0.15, 0.2) is 0 Å². The van der Waals surface area contributed by atoms with Crippen LogP contribution >= 0.6 is 0 Å². The van der Waals surface area contributed by atoms with Crippen LogP contribution in [-0.4, -0.2) is 14.6 Å². The molecule has 9 heteroatoms. The largest absolute Gasteiger partial charge is 0.442 e. The van der Waals surface area contributed by atoms with E-state index in [1.54, 1.807) is 0 Å². The van der Waals surface area contributed by atoms with Crippen molar-refractivity contribution >= 4 is 10.0 Å². The van der Waals surface area contributed by atoms with Gasteiger partial charge in [0.1, 0.15) is 0 Å². The number of benzene rings is 1. The molecule has 0 spiro atoms. The lowest BCUT2D eigenvalue weighted by molar-refractivity contribution is -0.166. The molecule has 5 nitrogen and oxygen atoms in total. The number of nitrogens with two attached hydrogens (primary N) is 1. The van der Waals surface area contributed by atoms with Crippen molar-refractivity contribution in [2.24, 2.45) is 15.4 Å². The van der Waals surface area contributed by atoms with Crippen LogP contribution < -0.4 is 5.14 Å². The average molecular weight is 265 g/mol. The van der Waals surface area contributed by atoms with Gasteiger partial charge in [0.2, 0.25) is 10.0 Å². The number of hydrogen-bond acceptors (Lipinski definition) is 4. The Balaban J connectivity index is 2.50. The van der Waals surface area contributed by atoms with E-state index < -0.39 is 26.8 Å². The summed E-state index contributed by atoms with van der Waals surface area (Å²) in [7, 11) is -4.05. The molecule has 2 N–H and O–H groups in total. The highest BCUT2D eigenvalue weighted by Crippen LogP contribution is 2.52. The zero-order valence-electron chi connectivity index (χ0n) is 8.14. The third kappa shape index (κ3) is 1.91. The minimum Gasteiger partial charge on any atom is -0.225 e. The lowest BCUT2D eigenvalue weighted by Gasteiger charge is -2.15. The molecule has 0 saturated heterocycles. The van der Waals surface area contributed by atoms with E-state index >= 15 is 0 Å². The predicted octanol–water partition coefficient (Wildman–Crippen LogP) is 1.51. The molecule has 92 valence electrons. The number of rotatable bonds is 2. The Hall–Kier alpha value is -1.48. The van der Waals surface area contributed by atoms with Gasteiger partial charge in [-0.3, -0.25) is 0 Å². The first-order chi connectivity index (χ1) is 7.67. The maximum absolute atomic E-state index is 12.6. The van der Waals surface area contributed by atoms with E-state index in [1.165, 1.54) is 0 Å². The Morgan fingerprint density at radius 3 is 2.24 bits per heavy atom. The van der Waals surface area contributed by atoms with Crippen molar-refractivity contribution in [3.8, 4) is 0 Å². The number of halogens is 3. The topological polar surface area (TPSA) is 84.9 Å². The molecule has 17 heavy (non-hydrogen) atoms. The van der Waals surface area contributed by atoms with Crippen LogP contribution in [0.1, 0.15) is 5.56 Å². The summed E-state index contributed by atoms with van der Waals surface area (Å²) in [5, 5.41) is 10.8. The molecule has 0 amide bonds. The van der Waals surface area contributed by atoms with Crippen molar-refractivity contribution in [3.05, 3.63) is 29.8 Å². The molecule has 0 radical (unpaired) electrons. The Kier molecular flexibility index (Phi) is 2.30. The Bertz CT molecular complexity index is 588. The summed E-state index contributed by atoms with van der Waals surface area (Å²) in [5.41, 5.74) is -3.00. The van der Waals surface area contributed by atoms with Crippen LogP contribution in [0.3, 0.4) is 0 Å². The molecule has 1 aromatic carbocycles. The van der Waals surface area contributed by atoms with Gasteiger partial charge in [0.05, 0.1) is 4.90 Å². The van der Waals surface area contributed by atoms with E-state index in [-0.39, 0.29) is 5.56 Å². The molecule has 2 rings (SSSR count). The second-order valence-corrected chi connectivity index (χ2v) is 5.00. The molecule has 0 atom stereocenters. The highest BCUT2D eigenvalue weighted by Gasteiger charge is 2.65. The van der Waals surface area contributed by atoms with Gasteiger partial charge >= 0.3 is 11.8 Å². The average Bonchev–Trinajstić information content (AvgIpc) is 2.96. The van der Waals surface area contributed by atoms with Crippen LogP contribution in [0.4, 0.5) is 13.2 Å². The van der Waals surface area contributed by atoms with E-state index in [0.717, 1.165) is 24.3 Å². The Morgan fingerprint density at radius 1 is 1.24 bits per heavy atom. The fourth-order valence-corrected chi connectivity index (χ4v) is 1.89. The molecule has 0 unspecified atom stereocenters. The van der Waals surface area contributed by atoms with E-state index in [9.17, 15) is 21.6 Å². The van der Waals surface area contributed by atoms with Crippen LogP contribution in [0.25, 0.3) is 0 Å². The van der Waals surface area contributed by atoms with Gasteiger partial charge < -0.3 is 0 Å². The minimum absolute atomic E-state index is 0.364. The van der Waals surface area contributed by atoms with Crippen molar-refractivity contribution in [3.63, 3.8) is 0 Å². The van der Waals surface area contributed by atoms with Gasteiger partial charge in [0, 0.05) is 5.56 Å². The standard InChI is InChI=1S/C8H6F3N3O2S/c9-8(10,11)7(13-14-7)5-2-1-3-6(4-5)17(12,15)16/h1-4H,(H2,12,15,16). The molecule has 0 fully saturated rings. The quantitative estimate of drug-likeness (QED) is 0.878. The van der Waals surface area contributed by atoms with Crippen LogP contribution in [0, 0.1) is 0 Å². The normalized spacial score (nSPS) is 18.1. The minimum atomic E-state index is -4.69. The van der Waals surface area contributed by atoms with Crippen molar-refractivity contribution in [1.29, 1.82) is 0 Å². The summed E-state index contributed by atoms with van der Waals surface area (Å²) in [6.45, 7) is 0. The number of nitrogens with zero attached hydrogens (tertiary/aromatic N) is 2. The van der Waals surface area contributed by atoms with Crippen LogP contribution in [0.15, 0.2) is 39.4 Å². The molecule has 1 aliphatic rings. The summed E-state index contributed by atoms with van der Waals surface area (Å²) in [5.74, 6) is 0. The number of sulfonamides is 1. The second-order valence-electron chi connectivity index (χ2n) is 3.44. The monoisotopic (exact) mass is 265 g/mol. The number of hydrogen-bond donors (Lipinski definition) is 1. The third-order valence-corrected chi connectivity index (χ3v) is 3.17. The third-order valence-electron chi connectivity index (χ3n) is 2.26. The number of alkyl halides is 3. The molecule has 1 heterocycles. The van der Waals surface area contributed by atoms with E-state index in [2.05, 4.69) is 10.2 Å². The molecular weight excluding hydrogens is 259 g/mol. The predicted molar refractivity (Wildman–Crippen MR) is 50.4 cm³/mol. The van der Waals surface area contributed by atoms with Gasteiger partial charge in [-0.25, -0.2) is 13.6 Å². The highest BCUT2D eigenvalue weighted by atomic mass is 32.2. The SMILES string of the molecule is NS(=O)(=O)c1cccc(C2(C(F)(F)F)N=N2)c1. The number of primary sulfonamides is 1. The molecule has 0 saturated carbocycles. The fourth-order valence-electron chi connectivity index (χ4n) is 1.33. The van der Waals surface area contributed by atoms with Crippen LogP contribution in [0.2, 0.25) is 0 Å². The van der Waals surface area contributed by atoms with Crippen molar-refractivity contribution in [2.75, 3.05) is 0 Å². The van der Waals surface area contributed by atoms with E-state index in [0.29, 0.717) is 0 Å². The first kappa shape index (κ1) is 12.0. The lowest BCUT2D eigenvalue weighted by atomic mass is 10.0. The maximum atomic E-state index is 12.6. The molecule has 0 bridgehead atoms. The summed E-state index contributed by atoms with van der Waals surface area (Å²) in [4.78, 5) is -0.407. The van der Waals surface area contributed by atoms with Gasteiger partial charge in [-0.05, 0) is 12.1 Å². The zero-order chi connectivity index (χ0) is 12.9. The maximum Gasteiger partial charge on any atom is 0.442 e. The van der Waals surface area contributed by atoms with Crippen molar-refractivity contribution < 1.29 is 21.6 Å². The van der Waals surface area contributed by atoms with Crippen molar-refractivity contribution in [1.82, 2.24) is 0 Å². The first-order valence-electron chi connectivity index (χ1n) is 4.31. The van der Waals surface area contributed by atoms with Gasteiger partial charge in [0.25, 0.3) is 0 Å². The van der Waals surface area contributed by atoms with Gasteiger partial charge in [-0.15, -0.1) is 10.2 Å². The molecule has 1 aliphatic heterocycles. The first-order valence-corrected chi connectivity index (χ1v) is 5.86. The van der Waals surface area contributed by atoms with E-state index in [4.69, 9.17) is 5.14 Å². The van der Waals surface area contributed by atoms with Crippen molar-refractivity contribution in [2.45, 2.75) is 16.7 Å². The summed E-state index contributed by atoms with van der Waals surface area (Å²) < 4.78 is 60.0. The van der Waals surface area contributed by atoms with Crippen LogP contribution in [0.5, 0.6) is 0 Å². The fraction of sp³-hybridized carbons (Fsp3) is 0.250. The smallest absolute Gasteiger partial charge is 0.225 e. The summed E-state index contributed by atoms with van der Waals surface area (Å²) in [6.07, 6.45) is -4.69. The Labute approximate surface area is 94.2 Å². The summed E-state index contributed by atoms with van der Waals surface area (Å²) >= 11 is 0. The summed E-state index contributed by atoms with van der Waals surface area (Å²) in [6, 6.07) is 4.18. The molecular formula is C8H6F3N3O2S. The second kappa shape index (κ2) is 3.26. The molecule has 0 aromatic heterocycles. The molecule has 1 aromatic rings. The zero-order valence-corrected chi connectivity index (χ0v) is 8.96. The van der Waals surface area contributed by atoms with Gasteiger partial charge in [-0.2, -0.15) is 13.2 Å². The van der Waals surface area contributed by atoms with Gasteiger partial charge in [-0.1, -0.05) is 12.1 Å². The lowest BCUT2D eigenvalue weighted by Crippen LogP contribution is -2.30. The van der Waals surface area contributed by atoms with Crippen LogP contribution in [-0.2, 0) is 15.7 Å². The Morgan fingerprint density at radius 2 is 1.82 bits per heavy atom. The molecule has 0 aliphatic carbocycles. The highest BCUT2D eigenvalue weighted by molar-refractivity contribution is 7.89. The van der Waals surface area contributed by atoms with E-state index in [1.807, 2.05) is 0 Å².